The van der Waals surface area contributed by atoms with Gasteiger partial charge in [0.15, 0.2) is 0 Å². The van der Waals surface area contributed by atoms with Gasteiger partial charge in [-0.3, -0.25) is 0 Å². The molecule has 0 aromatic heterocycles. The van der Waals surface area contributed by atoms with Crippen molar-refractivity contribution in [1.29, 1.82) is 0 Å². The zero-order valence-corrected chi connectivity index (χ0v) is 9.41. The molecular formula is C9H10ClFO2S. The van der Waals surface area contributed by atoms with Gasteiger partial charge < -0.3 is 0 Å². The highest BCUT2D eigenvalue weighted by Crippen LogP contribution is 2.20. The molecule has 0 spiro atoms. The largest absolute Gasteiger partial charge is 0.236 e. The molecule has 0 unspecified atom stereocenters. The SMILES string of the molecule is Cc1ccc(F)c(CS(=O)(=O)Cl)c1C. The Bertz CT molecular complexity index is 454. The lowest BCUT2D eigenvalue weighted by Gasteiger charge is -2.07. The molecule has 0 aliphatic carbocycles. The topological polar surface area (TPSA) is 34.1 Å². The molecule has 0 saturated carbocycles. The Hall–Kier alpha value is -0.610. The normalized spacial score (nSPS) is 11.7. The molecule has 1 rings (SSSR count). The van der Waals surface area contributed by atoms with Gasteiger partial charge in [0.05, 0.1) is 5.75 Å². The van der Waals surface area contributed by atoms with Crippen LogP contribution in [-0.4, -0.2) is 8.42 Å². The summed E-state index contributed by atoms with van der Waals surface area (Å²) in [5, 5.41) is 0. The minimum atomic E-state index is -3.71. The summed E-state index contributed by atoms with van der Waals surface area (Å²) in [6, 6.07) is 2.86. The van der Waals surface area contributed by atoms with Gasteiger partial charge in [0.2, 0.25) is 9.05 Å². The molecule has 0 N–H and O–H groups in total. The molecule has 0 fully saturated rings. The van der Waals surface area contributed by atoms with Gasteiger partial charge in [-0.15, -0.1) is 0 Å². The highest BCUT2D eigenvalue weighted by atomic mass is 35.7. The molecule has 0 radical (unpaired) electrons. The second kappa shape index (κ2) is 3.87. The molecule has 0 aliphatic rings. The Balaban J connectivity index is 3.27. The number of aryl methyl sites for hydroxylation is 1. The van der Waals surface area contributed by atoms with Gasteiger partial charge in [-0.25, -0.2) is 12.8 Å². The van der Waals surface area contributed by atoms with E-state index >= 15 is 0 Å². The van der Waals surface area contributed by atoms with Crippen LogP contribution in [0.1, 0.15) is 16.7 Å². The van der Waals surface area contributed by atoms with E-state index in [4.69, 9.17) is 10.7 Å². The minimum absolute atomic E-state index is 0.153. The van der Waals surface area contributed by atoms with Gasteiger partial charge in [0, 0.05) is 16.2 Å². The first-order chi connectivity index (χ1) is 6.31. The molecule has 1 aromatic rings. The molecule has 14 heavy (non-hydrogen) atoms. The lowest BCUT2D eigenvalue weighted by molar-refractivity contribution is 0.596. The molecule has 0 aliphatic heterocycles. The second-order valence-electron chi connectivity index (χ2n) is 3.15. The lowest BCUT2D eigenvalue weighted by Crippen LogP contribution is -2.02. The number of benzene rings is 1. The fourth-order valence-electron chi connectivity index (χ4n) is 1.19. The average Bonchev–Trinajstić information content (AvgIpc) is 2.04. The Morgan fingerprint density at radius 3 is 2.43 bits per heavy atom. The second-order valence-corrected chi connectivity index (χ2v) is 5.93. The molecule has 0 atom stereocenters. The van der Waals surface area contributed by atoms with E-state index in [2.05, 4.69) is 0 Å². The van der Waals surface area contributed by atoms with Gasteiger partial charge in [-0.2, -0.15) is 0 Å². The van der Waals surface area contributed by atoms with Crippen LogP contribution in [0.2, 0.25) is 0 Å². The molecule has 78 valence electrons. The average molecular weight is 237 g/mol. The third kappa shape index (κ3) is 2.69. The van der Waals surface area contributed by atoms with Gasteiger partial charge >= 0.3 is 0 Å². The van der Waals surface area contributed by atoms with E-state index in [-0.39, 0.29) is 5.56 Å². The highest BCUT2D eigenvalue weighted by molar-refractivity contribution is 8.13. The van der Waals surface area contributed by atoms with Crippen LogP contribution in [0.5, 0.6) is 0 Å². The van der Waals surface area contributed by atoms with Crippen LogP contribution in [0.15, 0.2) is 12.1 Å². The Morgan fingerprint density at radius 1 is 1.36 bits per heavy atom. The Labute approximate surface area is 87.1 Å². The van der Waals surface area contributed by atoms with Crippen molar-refractivity contribution >= 4 is 19.7 Å². The quantitative estimate of drug-likeness (QED) is 0.740. The first-order valence-corrected chi connectivity index (χ1v) is 6.46. The first kappa shape index (κ1) is 11.5. The summed E-state index contributed by atoms with van der Waals surface area (Å²) < 4.78 is 34.9. The van der Waals surface area contributed by atoms with Crippen LogP contribution in [-0.2, 0) is 14.8 Å². The maximum atomic E-state index is 13.2. The molecule has 0 amide bonds. The molecule has 2 nitrogen and oxygen atoms in total. The van der Waals surface area contributed by atoms with E-state index in [9.17, 15) is 12.8 Å². The van der Waals surface area contributed by atoms with Crippen molar-refractivity contribution in [1.82, 2.24) is 0 Å². The van der Waals surface area contributed by atoms with Crippen LogP contribution >= 0.6 is 10.7 Å². The van der Waals surface area contributed by atoms with Crippen molar-refractivity contribution in [2.24, 2.45) is 0 Å². The molecular weight excluding hydrogens is 227 g/mol. The van der Waals surface area contributed by atoms with Crippen molar-refractivity contribution in [3.63, 3.8) is 0 Å². The predicted molar refractivity (Wildman–Crippen MR) is 54.4 cm³/mol. The number of hydrogen-bond acceptors (Lipinski definition) is 2. The summed E-state index contributed by atoms with van der Waals surface area (Å²) in [5.41, 5.74) is 1.64. The van der Waals surface area contributed by atoms with Crippen LogP contribution in [0.3, 0.4) is 0 Å². The minimum Gasteiger partial charge on any atom is -0.212 e. The Kier molecular flexibility index (Phi) is 3.17. The summed E-state index contributed by atoms with van der Waals surface area (Å²) in [7, 11) is 1.36. The summed E-state index contributed by atoms with van der Waals surface area (Å²) in [6.45, 7) is 3.47. The third-order valence-electron chi connectivity index (χ3n) is 2.13. The highest BCUT2D eigenvalue weighted by Gasteiger charge is 2.14. The van der Waals surface area contributed by atoms with E-state index < -0.39 is 20.6 Å². The predicted octanol–water partition coefficient (Wildman–Crippen LogP) is 2.51. The van der Waals surface area contributed by atoms with Gasteiger partial charge in [0.1, 0.15) is 5.82 Å². The monoisotopic (exact) mass is 236 g/mol. The van der Waals surface area contributed by atoms with Crippen LogP contribution in [0.25, 0.3) is 0 Å². The summed E-state index contributed by atoms with van der Waals surface area (Å²) in [6.07, 6.45) is 0. The van der Waals surface area contributed by atoms with Gasteiger partial charge in [0.25, 0.3) is 0 Å². The molecule has 5 heteroatoms. The van der Waals surface area contributed by atoms with Gasteiger partial charge in [-0.1, -0.05) is 6.07 Å². The maximum absolute atomic E-state index is 13.2. The zero-order chi connectivity index (χ0) is 10.9. The molecule has 0 saturated heterocycles. The number of hydrogen-bond donors (Lipinski definition) is 0. The van der Waals surface area contributed by atoms with Crippen molar-refractivity contribution in [3.05, 3.63) is 34.6 Å². The molecule has 0 bridgehead atoms. The van der Waals surface area contributed by atoms with E-state index in [0.29, 0.717) is 5.56 Å². The number of halogens is 2. The van der Waals surface area contributed by atoms with Crippen molar-refractivity contribution < 1.29 is 12.8 Å². The maximum Gasteiger partial charge on any atom is 0.236 e. The standard InChI is InChI=1S/C9H10ClFO2S/c1-6-3-4-9(11)8(7(6)2)5-14(10,12)13/h3-4H,5H2,1-2H3. The van der Waals surface area contributed by atoms with Crippen molar-refractivity contribution in [2.45, 2.75) is 19.6 Å². The first-order valence-electron chi connectivity index (χ1n) is 3.98. The molecule has 0 heterocycles. The van der Waals surface area contributed by atoms with Crippen LogP contribution in [0, 0.1) is 19.7 Å². The van der Waals surface area contributed by atoms with E-state index in [0.717, 1.165) is 5.56 Å². The fourth-order valence-corrected chi connectivity index (χ4v) is 2.22. The zero-order valence-electron chi connectivity index (χ0n) is 7.84. The summed E-state index contributed by atoms with van der Waals surface area (Å²) >= 11 is 0. The van der Waals surface area contributed by atoms with E-state index in [1.54, 1.807) is 19.9 Å². The third-order valence-corrected chi connectivity index (χ3v) is 3.09. The van der Waals surface area contributed by atoms with E-state index in [1.165, 1.54) is 6.07 Å². The van der Waals surface area contributed by atoms with Crippen molar-refractivity contribution in [3.8, 4) is 0 Å². The lowest BCUT2D eigenvalue weighted by atomic mass is 10.0. The van der Waals surface area contributed by atoms with Crippen LogP contribution in [0.4, 0.5) is 4.39 Å². The smallest absolute Gasteiger partial charge is 0.212 e. The number of rotatable bonds is 2. The fraction of sp³-hybridized carbons (Fsp3) is 0.333. The van der Waals surface area contributed by atoms with E-state index in [1.807, 2.05) is 0 Å². The van der Waals surface area contributed by atoms with Gasteiger partial charge in [-0.05, 0) is 31.0 Å². The van der Waals surface area contributed by atoms with Crippen LogP contribution < -0.4 is 0 Å². The summed E-state index contributed by atoms with van der Waals surface area (Å²) in [4.78, 5) is 0. The Morgan fingerprint density at radius 2 is 1.93 bits per heavy atom. The molecule has 1 aromatic carbocycles. The van der Waals surface area contributed by atoms with Crippen molar-refractivity contribution in [2.75, 3.05) is 0 Å². The summed E-state index contributed by atoms with van der Waals surface area (Å²) in [5.74, 6) is -0.995.